The van der Waals surface area contributed by atoms with Crippen molar-refractivity contribution in [1.29, 1.82) is 0 Å². The number of benzene rings is 2. The van der Waals surface area contributed by atoms with Gasteiger partial charge in [0.15, 0.2) is 0 Å². The number of nitrogens with one attached hydrogen (secondary N) is 1. The molecule has 8 nitrogen and oxygen atoms in total. The maximum atomic E-state index is 13.6. The Morgan fingerprint density at radius 3 is 2.53 bits per heavy atom. The molecule has 1 N–H and O–H groups in total. The normalized spacial score (nSPS) is 18.6. The van der Waals surface area contributed by atoms with E-state index in [1.807, 2.05) is 55.7 Å². The van der Waals surface area contributed by atoms with Gasteiger partial charge in [-0.2, -0.15) is 19.0 Å². The van der Waals surface area contributed by atoms with E-state index in [-0.39, 0.29) is 12.3 Å². The molecule has 4 aromatic rings. The molecule has 1 aliphatic heterocycles. The molecule has 174 valence electrons. The van der Waals surface area contributed by atoms with E-state index in [0.29, 0.717) is 12.6 Å². The van der Waals surface area contributed by atoms with E-state index in [1.54, 1.807) is 32.7 Å². The molecule has 2 aromatic heterocycles. The lowest BCUT2D eigenvalue weighted by atomic mass is 9.99. The molecule has 1 aliphatic rings. The summed E-state index contributed by atoms with van der Waals surface area (Å²) in [5.41, 5.74) is 2.96. The fraction of sp³-hybridized carbons (Fsp3) is 0.250. The van der Waals surface area contributed by atoms with Gasteiger partial charge >= 0.3 is 5.92 Å². The maximum absolute atomic E-state index is 13.6. The number of nitrogens with zero attached hydrogens (tertiary/aromatic N) is 5. The highest BCUT2D eigenvalue weighted by atomic mass is 19.3. The van der Waals surface area contributed by atoms with Crippen molar-refractivity contribution in [3.05, 3.63) is 72.7 Å². The summed E-state index contributed by atoms with van der Waals surface area (Å²) >= 11 is 0. The summed E-state index contributed by atoms with van der Waals surface area (Å²) in [6.07, 6.45) is 5.15. The molecule has 3 heterocycles. The van der Waals surface area contributed by atoms with Gasteiger partial charge in [-0.25, -0.2) is 4.68 Å². The van der Waals surface area contributed by atoms with Crippen molar-refractivity contribution >= 4 is 28.4 Å². The van der Waals surface area contributed by atoms with Gasteiger partial charge in [-0.05, 0) is 23.8 Å². The lowest BCUT2D eigenvalue weighted by Gasteiger charge is -2.29. The van der Waals surface area contributed by atoms with Gasteiger partial charge in [0.1, 0.15) is 5.69 Å². The first-order valence-electron chi connectivity index (χ1n) is 10.7. The SMILES string of the molecule is Cn1cc(-n2ncc3cc(N4C(=O)CC(NC(=O)C(C)(F)F)C4c4ccccc4)ccc32)cn1. The predicted molar refractivity (Wildman–Crippen MR) is 122 cm³/mol. The van der Waals surface area contributed by atoms with Crippen LogP contribution in [0.15, 0.2) is 67.1 Å². The number of amides is 2. The molecule has 0 spiro atoms. The fourth-order valence-electron chi connectivity index (χ4n) is 4.39. The third kappa shape index (κ3) is 3.81. The van der Waals surface area contributed by atoms with Crippen LogP contribution in [0.4, 0.5) is 14.5 Å². The maximum Gasteiger partial charge on any atom is 0.321 e. The van der Waals surface area contributed by atoms with Gasteiger partial charge in [-0.15, -0.1) is 0 Å². The van der Waals surface area contributed by atoms with Crippen LogP contribution in [0.3, 0.4) is 0 Å². The minimum Gasteiger partial charge on any atom is -0.345 e. The standard InChI is InChI=1S/C24H22F2N6O2/c1-24(25,26)23(34)29-19-11-21(33)31(22(19)15-6-4-3-5-7-15)17-8-9-20-16(10-17)12-28-32(20)18-13-27-30(2)14-18/h3-10,12-14,19,22H,11H2,1-2H3,(H,29,34). The molecule has 2 atom stereocenters. The molecular formula is C24H22F2N6O2. The molecule has 0 bridgehead atoms. The van der Waals surface area contributed by atoms with Crippen molar-refractivity contribution in [1.82, 2.24) is 24.9 Å². The third-order valence-corrected chi connectivity index (χ3v) is 5.94. The number of carbonyl (C=O) groups excluding carboxylic acids is 2. The Kier molecular flexibility index (Phi) is 5.15. The second kappa shape index (κ2) is 8.05. The first kappa shape index (κ1) is 21.7. The highest BCUT2D eigenvalue weighted by Gasteiger charge is 2.45. The number of anilines is 1. The zero-order valence-corrected chi connectivity index (χ0v) is 18.5. The van der Waals surface area contributed by atoms with Crippen LogP contribution in [-0.2, 0) is 16.6 Å². The number of alkyl halides is 2. The molecule has 2 unspecified atom stereocenters. The van der Waals surface area contributed by atoms with Gasteiger partial charge in [0.05, 0.1) is 36.2 Å². The van der Waals surface area contributed by atoms with E-state index < -0.39 is 23.9 Å². The van der Waals surface area contributed by atoms with Crippen molar-refractivity contribution < 1.29 is 18.4 Å². The average molecular weight is 464 g/mol. The van der Waals surface area contributed by atoms with Crippen molar-refractivity contribution in [2.75, 3.05) is 4.90 Å². The number of rotatable bonds is 5. The zero-order valence-electron chi connectivity index (χ0n) is 18.5. The molecule has 2 aromatic carbocycles. The monoisotopic (exact) mass is 464 g/mol. The van der Waals surface area contributed by atoms with Crippen molar-refractivity contribution in [3.63, 3.8) is 0 Å². The molecule has 2 amide bonds. The lowest BCUT2D eigenvalue weighted by molar-refractivity contribution is -0.143. The number of aryl methyl sites for hydroxylation is 1. The zero-order chi connectivity index (χ0) is 24.0. The van der Waals surface area contributed by atoms with Crippen LogP contribution in [0.2, 0.25) is 0 Å². The lowest BCUT2D eigenvalue weighted by Crippen LogP contribution is -2.46. The van der Waals surface area contributed by atoms with Crippen LogP contribution in [0.1, 0.15) is 24.9 Å². The topological polar surface area (TPSA) is 85.0 Å². The van der Waals surface area contributed by atoms with E-state index in [9.17, 15) is 18.4 Å². The predicted octanol–water partition coefficient (Wildman–Crippen LogP) is 3.38. The van der Waals surface area contributed by atoms with Crippen LogP contribution in [0.5, 0.6) is 0 Å². The summed E-state index contributed by atoms with van der Waals surface area (Å²) in [5.74, 6) is -5.21. The van der Waals surface area contributed by atoms with E-state index in [0.717, 1.165) is 22.2 Å². The smallest absolute Gasteiger partial charge is 0.321 e. The first-order chi connectivity index (χ1) is 16.2. The Morgan fingerprint density at radius 1 is 1.09 bits per heavy atom. The van der Waals surface area contributed by atoms with Crippen LogP contribution in [0, 0.1) is 0 Å². The highest BCUT2D eigenvalue weighted by molar-refractivity contribution is 6.00. The van der Waals surface area contributed by atoms with Crippen LogP contribution in [-0.4, -0.2) is 43.3 Å². The van der Waals surface area contributed by atoms with Crippen LogP contribution in [0.25, 0.3) is 16.6 Å². The van der Waals surface area contributed by atoms with E-state index >= 15 is 0 Å². The van der Waals surface area contributed by atoms with Gasteiger partial charge in [0.25, 0.3) is 5.91 Å². The summed E-state index contributed by atoms with van der Waals surface area (Å²) in [6, 6.07) is 13.1. The Morgan fingerprint density at radius 2 is 1.85 bits per heavy atom. The van der Waals surface area contributed by atoms with E-state index in [1.165, 1.54) is 0 Å². The largest absolute Gasteiger partial charge is 0.345 e. The molecule has 0 saturated carbocycles. The molecule has 5 rings (SSSR count). The average Bonchev–Trinajstić information content (AvgIpc) is 3.49. The first-order valence-corrected chi connectivity index (χ1v) is 10.7. The van der Waals surface area contributed by atoms with Gasteiger partial charge in [-0.1, -0.05) is 30.3 Å². The van der Waals surface area contributed by atoms with Crippen molar-refractivity contribution in [3.8, 4) is 5.69 Å². The molecule has 1 fully saturated rings. The number of halogens is 2. The molecule has 0 aliphatic carbocycles. The second-order valence-corrected chi connectivity index (χ2v) is 8.46. The number of hydrogen-bond donors (Lipinski definition) is 1. The van der Waals surface area contributed by atoms with Crippen molar-refractivity contribution in [2.24, 2.45) is 7.05 Å². The van der Waals surface area contributed by atoms with Crippen LogP contribution >= 0.6 is 0 Å². The molecule has 0 radical (unpaired) electrons. The summed E-state index contributed by atoms with van der Waals surface area (Å²) in [7, 11) is 1.82. The molecule has 34 heavy (non-hydrogen) atoms. The quantitative estimate of drug-likeness (QED) is 0.491. The van der Waals surface area contributed by atoms with Gasteiger partial charge in [0, 0.05) is 31.5 Å². The fourth-order valence-corrected chi connectivity index (χ4v) is 4.39. The Hall–Kier alpha value is -4.08. The summed E-state index contributed by atoms with van der Waals surface area (Å²) < 4.78 is 30.6. The third-order valence-electron chi connectivity index (χ3n) is 5.94. The minimum absolute atomic E-state index is 0.0889. The Bertz CT molecular complexity index is 1380. The highest BCUT2D eigenvalue weighted by Crippen LogP contribution is 2.39. The number of fused-ring (bicyclic) bond motifs is 1. The van der Waals surface area contributed by atoms with Gasteiger partial charge in [0.2, 0.25) is 5.91 Å². The number of hydrogen-bond acceptors (Lipinski definition) is 4. The van der Waals surface area contributed by atoms with E-state index in [4.69, 9.17) is 0 Å². The molecule has 10 heteroatoms. The number of carbonyl (C=O) groups is 2. The van der Waals surface area contributed by atoms with Crippen molar-refractivity contribution in [2.45, 2.75) is 31.4 Å². The second-order valence-electron chi connectivity index (χ2n) is 8.46. The van der Waals surface area contributed by atoms with Crippen LogP contribution < -0.4 is 10.2 Å². The molecule has 1 saturated heterocycles. The van der Waals surface area contributed by atoms with Gasteiger partial charge in [-0.3, -0.25) is 14.3 Å². The minimum atomic E-state index is -3.54. The summed E-state index contributed by atoms with van der Waals surface area (Å²) in [6.45, 7) is 0.544. The van der Waals surface area contributed by atoms with Gasteiger partial charge < -0.3 is 10.2 Å². The molecular weight excluding hydrogens is 442 g/mol. The summed E-state index contributed by atoms with van der Waals surface area (Å²) in [4.78, 5) is 26.7. The Labute approximate surface area is 193 Å². The van der Waals surface area contributed by atoms with E-state index in [2.05, 4.69) is 15.5 Å². The number of aromatic nitrogens is 4. The summed E-state index contributed by atoms with van der Waals surface area (Å²) in [5, 5.41) is 11.8. The Balaban J connectivity index is 1.54.